The van der Waals surface area contributed by atoms with Crippen LogP contribution in [0.5, 0.6) is 0 Å². The molecule has 1 rings (SSSR count). The molecule has 0 saturated heterocycles. The topological polar surface area (TPSA) is 26.3 Å². The zero-order valence-electron chi connectivity index (χ0n) is 8.62. The largest absolute Gasteiger partial charge is 0.466 e. The van der Waals surface area contributed by atoms with Gasteiger partial charge in [-0.15, -0.1) is 0 Å². The highest BCUT2D eigenvalue weighted by Crippen LogP contribution is 2.03. The van der Waals surface area contributed by atoms with Crippen LogP contribution in [-0.4, -0.2) is 17.0 Å². The molecule has 82 valence electrons. The zero-order chi connectivity index (χ0) is 10.9. The molecule has 0 unspecified atom stereocenters. The Labute approximate surface area is 104 Å². The smallest absolute Gasteiger partial charge is 0.306 e. The molecule has 2 nitrogen and oxygen atoms in total. The quantitative estimate of drug-likeness (QED) is 0.349. The number of carbonyl (C=O) groups is 1. The Bertz CT molecular complexity index is 285. The van der Waals surface area contributed by atoms with Crippen LogP contribution in [0.25, 0.3) is 0 Å². The summed E-state index contributed by atoms with van der Waals surface area (Å²) in [6, 6.07) is 9.99. The molecule has 1 aromatic rings. The molecule has 0 N–H and O–H groups in total. The van der Waals surface area contributed by atoms with Gasteiger partial charge in [-0.3, -0.25) is 4.79 Å². The summed E-state index contributed by atoms with van der Waals surface area (Å²) in [5.41, 5.74) is 1.18. The number of hydrogen-bond acceptors (Lipinski definition) is 2. The predicted molar refractivity (Wildman–Crippen MR) is 69.2 cm³/mol. The summed E-state index contributed by atoms with van der Waals surface area (Å²) in [7, 11) is 0. The van der Waals surface area contributed by atoms with E-state index in [9.17, 15) is 4.79 Å². The van der Waals surface area contributed by atoms with Gasteiger partial charge in [0.15, 0.2) is 0 Å². The molecule has 0 heterocycles. The van der Waals surface area contributed by atoms with Crippen molar-refractivity contribution in [3.8, 4) is 0 Å². The second kappa shape index (κ2) is 7.68. The second-order valence-electron chi connectivity index (χ2n) is 3.25. The Balaban J connectivity index is 2.17. The third kappa shape index (κ3) is 5.77. The number of benzene rings is 1. The third-order valence-electron chi connectivity index (χ3n) is 2.00. The van der Waals surface area contributed by atoms with Crippen molar-refractivity contribution in [1.82, 2.24) is 0 Å². The molecule has 0 aliphatic carbocycles. The molecular formula is C12H15IO2. The zero-order valence-corrected chi connectivity index (χ0v) is 10.8. The van der Waals surface area contributed by atoms with Gasteiger partial charge in [-0.25, -0.2) is 0 Å². The fraction of sp³-hybridized carbons (Fsp3) is 0.417. The summed E-state index contributed by atoms with van der Waals surface area (Å²) < 4.78 is 6.09. The number of alkyl halides is 1. The van der Waals surface area contributed by atoms with Gasteiger partial charge in [-0.2, -0.15) is 0 Å². The second-order valence-corrected chi connectivity index (χ2v) is 4.33. The minimum atomic E-state index is -0.0938. The first kappa shape index (κ1) is 12.5. The van der Waals surface area contributed by atoms with Crippen molar-refractivity contribution in [2.45, 2.75) is 19.3 Å². The van der Waals surface area contributed by atoms with Crippen LogP contribution in [0.15, 0.2) is 30.3 Å². The molecule has 0 saturated carbocycles. The van der Waals surface area contributed by atoms with Gasteiger partial charge in [0.2, 0.25) is 0 Å². The van der Waals surface area contributed by atoms with E-state index in [-0.39, 0.29) is 5.97 Å². The van der Waals surface area contributed by atoms with Crippen LogP contribution in [0, 0.1) is 0 Å². The van der Waals surface area contributed by atoms with Gasteiger partial charge < -0.3 is 4.74 Å². The Kier molecular flexibility index (Phi) is 6.39. The maximum absolute atomic E-state index is 11.3. The molecule has 0 radical (unpaired) electrons. The van der Waals surface area contributed by atoms with E-state index in [2.05, 4.69) is 22.6 Å². The van der Waals surface area contributed by atoms with Crippen LogP contribution in [0.2, 0.25) is 0 Å². The normalized spacial score (nSPS) is 9.93. The van der Waals surface area contributed by atoms with Crippen molar-refractivity contribution in [2.75, 3.05) is 11.0 Å². The van der Waals surface area contributed by atoms with Crippen LogP contribution in [0.1, 0.15) is 18.4 Å². The number of esters is 1. The predicted octanol–water partition coefficient (Wildman–Crippen LogP) is 2.99. The van der Waals surface area contributed by atoms with Crippen LogP contribution in [0.4, 0.5) is 0 Å². The van der Waals surface area contributed by atoms with E-state index in [1.165, 1.54) is 5.56 Å². The van der Waals surface area contributed by atoms with E-state index in [1.807, 2.05) is 30.3 Å². The van der Waals surface area contributed by atoms with Gasteiger partial charge >= 0.3 is 5.97 Å². The lowest BCUT2D eigenvalue weighted by atomic mass is 10.1. The Hall–Kier alpha value is -0.580. The number of halogens is 1. The Morgan fingerprint density at radius 1 is 1.27 bits per heavy atom. The van der Waals surface area contributed by atoms with Gasteiger partial charge in [0.25, 0.3) is 0 Å². The summed E-state index contributed by atoms with van der Waals surface area (Å²) in [4.78, 5) is 11.3. The van der Waals surface area contributed by atoms with Crippen molar-refractivity contribution >= 4 is 28.6 Å². The van der Waals surface area contributed by atoms with Crippen LogP contribution < -0.4 is 0 Å². The molecule has 0 aliphatic heterocycles. The molecule has 0 fully saturated rings. The first-order valence-corrected chi connectivity index (χ1v) is 6.61. The molecular weight excluding hydrogens is 303 g/mol. The van der Waals surface area contributed by atoms with E-state index in [0.717, 1.165) is 17.3 Å². The molecule has 15 heavy (non-hydrogen) atoms. The number of rotatable bonds is 6. The van der Waals surface area contributed by atoms with Gasteiger partial charge in [-0.1, -0.05) is 52.9 Å². The number of aryl methyl sites for hydroxylation is 1. The first-order chi connectivity index (χ1) is 7.33. The number of ether oxygens (including phenoxy) is 1. The van der Waals surface area contributed by atoms with Gasteiger partial charge in [0.05, 0.1) is 6.61 Å². The van der Waals surface area contributed by atoms with Gasteiger partial charge in [-0.05, 0) is 18.4 Å². The number of carbonyl (C=O) groups excluding carboxylic acids is 1. The molecule has 0 aromatic heterocycles. The van der Waals surface area contributed by atoms with E-state index >= 15 is 0 Å². The van der Waals surface area contributed by atoms with E-state index < -0.39 is 0 Å². The monoisotopic (exact) mass is 318 g/mol. The van der Waals surface area contributed by atoms with E-state index in [0.29, 0.717) is 13.0 Å². The Morgan fingerprint density at radius 2 is 2.00 bits per heavy atom. The van der Waals surface area contributed by atoms with Crippen molar-refractivity contribution in [1.29, 1.82) is 0 Å². The molecule has 0 spiro atoms. The summed E-state index contributed by atoms with van der Waals surface area (Å²) in [5, 5.41) is 0. The fourth-order valence-corrected chi connectivity index (χ4v) is 1.52. The van der Waals surface area contributed by atoms with Gasteiger partial charge in [0, 0.05) is 10.8 Å². The van der Waals surface area contributed by atoms with Crippen LogP contribution in [-0.2, 0) is 16.0 Å². The SMILES string of the molecule is O=C(CCc1ccccc1)OCCCI. The lowest BCUT2D eigenvalue weighted by Crippen LogP contribution is -2.07. The standard InChI is InChI=1S/C12H15IO2/c13-9-4-10-15-12(14)8-7-11-5-2-1-3-6-11/h1-3,5-6H,4,7-10H2. The van der Waals surface area contributed by atoms with Crippen LogP contribution in [0.3, 0.4) is 0 Å². The maximum Gasteiger partial charge on any atom is 0.306 e. The maximum atomic E-state index is 11.3. The summed E-state index contributed by atoms with van der Waals surface area (Å²) >= 11 is 2.27. The highest BCUT2D eigenvalue weighted by molar-refractivity contribution is 14.1. The molecule has 1 aromatic carbocycles. The van der Waals surface area contributed by atoms with E-state index in [4.69, 9.17) is 4.74 Å². The van der Waals surface area contributed by atoms with Gasteiger partial charge in [0.1, 0.15) is 0 Å². The Morgan fingerprint density at radius 3 is 2.67 bits per heavy atom. The molecule has 0 aliphatic rings. The minimum Gasteiger partial charge on any atom is -0.466 e. The van der Waals surface area contributed by atoms with Crippen molar-refractivity contribution in [3.63, 3.8) is 0 Å². The molecule has 0 bridgehead atoms. The number of hydrogen-bond donors (Lipinski definition) is 0. The average Bonchev–Trinajstić information content (AvgIpc) is 2.28. The van der Waals surface area contributed by atoms with Crippen LogP contribution >= 0.6 is 22.6 Å². The van der Waals surface area contributed by atoms with Crippen molar-refractivity contribution in [2.24, 2.45) is 0 Å². The minimum absolute atomic E-state index is 0.0938. The van der Waals surface area contributed by atoms with Crippen molar-refractivity contribution in [3.05, 3.63) is 35.9 Å². The lowest BCUT2D eigenvalue weighted by Gasteiger charge is -2.03. The molecule has 0 amide bonds. The summed E-state index contributed by atoms with van der Waals surface area (Å²) in [6.07, 6.45) is 2.19. The van der Waals surface area contributed by atoms with Crippen molar-refractivity contribution < 1.29 is 9.53 Å². The lowest BCUT2D eigenvalue weighted by molar-refractivity contribution is -0.143. The first-order valence-electron chi connectivity index (χ1n) is 5.08. The highest BCUT2D eigenvalue weighted by Gasteiger charge is 2.02. The molecule has 3 heteroatoms. The highest BCUT2D eigenvalue weighted by atomic mass is 127. The third-order valence-corrected chi connectivity index (χ3v) is 2.76. The van der Waals surface area contributed by atoms with E-state index in [1.54, 1.807) is 0 Å². The fourth-order valence-electron chi connectivity index (χ4n) is 1.20. The molecule has 0 atom stereocenters. The summed E-state index contributed by atoms with van der Waals surface area (Å²) in [6.45, 7) is 0.552. The summed E-state index contributed by atoms with van der Waals surface area (Å²) in [5.74, 6) is -0.0938. The average molecular weight is 318 g/mol.